The van der Waals surface area contributed by atoms with Crippen LogP contribution < -0.4 is 5.32 Å². The number of fused-ring (bicyclic) bond motifs is 2. The van der Waals surface area contributed by atoms with Gasteiger partial charge in [-0.05, 0) is 55.6 Å². The molecule has 1 aliphatic heterocycles. The van der Waals surface area contributed by atoms with Gasteiger partial charge in [-0.3, -0.25) is 0 Å². The van der Waals surface area contributed by atoms with Crippen molar-refractivity contribution >= 4 is 29.2 Å². The molecule has 152 valence electrons. The molecule has 7 heteroatoms. The first kappa shape index (κ1) is 20.7. The second-order valence-electron chi connectivity index (χ2n) is 7.85. The minimum absolute atomic E-state index is 0.566. The number of anilines is 1. The summed E-state index contributed by atoms with van der Waals surface area (Å²) in [6.07, 6.45) is 10.2. The van der Waals surface area contributed by atoms with Gasteiger partial charge in [-0.15, -0.1) is 0 Å². The number of halogens is 1. The number of hydrogen-bond acceptors (Lipinski definition) is 4. The summed E-state index contributed by atoms with van der Waals surface area (Å²) in [6, 6.07) is 8.64. The Balaban J connectivity index is 0.000000330. The van der Waals surface area contributed by atoms with Crippen LogP contribution in [0.15, 0.2) is 36.4 Å². The van der Waals surface area contributed by atoms with Crippen LogP contribution in [0.25, 0.3) is 0 Å². The van der Waals surface area contributed by atoms with Gasteiger partial charge in [0.2, 0.25) is 0 Å². The van der Waals surface area contributed by atoms with E-state index >= 15 is 0 Å². The molecule has 2 aliphatic carbocycles. The Morgan fingerprint density at radius 3 is 2.29 bits per heavy atom. The van der Waals surface area contributed by atoms with Crippen molar-refractivity contribution in [1.82, 2.24) is 4.90 Å². The molecule has 4 rings (SSSR count). The van der Waals surface area contributed by atoms with Gasteiger partial charge >= 0.3 is 11.9 Å². The zero-order chi connectivity index (χ0) is 20.1. The second-order valence-corrected chi connectivity index (χ2v) is 8.26. The lowest BCUT2D eigenvalue weighted by atomic mass is 9.92. The van der Waals surface area contributed by atoms with Gasteiger partial charge < -0.3 is 20.4 Å². The summed E-state index contributed by atoms with van der Waals surface area (Å²) in [4.78, 5) is 20.9. The lowest BCUT2D eigenvalue weighted by Crippen LogP contribution is -2.41. The molecular weight excluding hydrogens is 380 g/mol. The van der Waals surface area contributed by atoms with E-state index in [-0.39, 0.29) is 0 Å². The predicted molar refractivity (Wildman–Crippen MR) is 109 cm³/mol. The Labute approximate surface area is 170 Å². The number of para-hydroxylation sites is 1. The summed E-state index contributed by atoms with van der Waals surface area (Å²) < 4.78 is 0. The topological polar surface area (TPSA) is 89.9 Å². The summed E-state index contributed by atoms with van der Waals surface area (Å²) in [6.45, 7) is 3.75. The molecule has 3 aliphatic rings. The third-order valence-electron chi connectivity index (χ3n) is 5.91. The Morgan fingerprint density at radius 2 is 1.75 bits per heavy atom. The third-order valence-corrected chi connectivity index (χ3v) is 6.24. The van der Waals surface area contributed by atoms with Crippen molar-refractivity contribution in [2.45, 2.75) is 31.7 Å². The van der Waals surface area contributed by atoms with E-state index in [1.54, 1.807) is 0 Å². The quantitative estimate of drug-likeness (QED) is 0.523. The molecule has 2 fully saturated rings. The monoisotopic (exact) mass is 406 g/mol. The maximum atomic E-state index is 9.10. The number of likely N-dealkylation sites (tertiary alicyclic amines) is 1. The number of carboxylic acid groups (broad SMARTS) is 2. The van der Waals surface area contributed by atoms with Gasteiger partial charge in [-0.1, -0.05) is 35.9 Å². The third kappa shape index (κ3) is 5.49. The van der Waals surface area contributed by atoms with E-state index in [0.717, 1.165) is 28.5 Å². The van der Waals surface area contributed by atoms with E-state index < -0.39 is 11.9 Å². The Kier molecular flexibility index (Phi) is 6.97. The maximum Gasteiger partial charge on any atom is 0.414 e. The molecule has 1 heterocycles. The van der Waals surface area contributed by atoms with Gasteiger partial charge in [-0.2, -0.15) is 0 Å². The van der Waals surface area contributed by atoms with Crippen LogP contribution in [0.3, 0.4) is 0 Å². The number of allylic oxidation sites excluding steroid dienone is 2. The molecule has 0 radical (unpaired) electrons. The van der Waals surface area contributed by atoms with Gasteiger partial charge in [0, 0.05) is 25.7 Å². The number of nitrogens with one attached hydrogen (secondary N) is 1. The number of nitrogens with zero attached hydrogens (tertiary/aromatic N) is 1. The van der Waals surface area contributed by atoms with E-state index in [4.69, 9.17) is 31.4 Å². The largest absolute Gasteiger partial charge is 0.473 e. The van der Waals surface area contributed by atoms with Crippen LogP contribution in [0.2, 0.25) is 5.02 Å². The normalized spacial score (nSPS) is 26.5. The van der Waals surface area contributed by atoms with E-state index in [9.17, 15) is 0 Å². The minimum atomic E-state index is -1.82. The number of aliphatic carboxylic acids is 2. The highest BCUT2D eigenvalue weighted by molar-refractivity contribution is 6.33. The fourth-order valence-electron chi connectivity index (χ4n) is 4.49. The number of hydrogen-bond donors (Lipinski definition) is 3. The average Bonchev–Trinajstić information content (AvgIpc) is 3.29. The number of benzene rings is 1. The molecule has 6 nitrogen and oxygen atoms in total. The lowest BCUT2D eigenvalue weighted by molar-refractivity contribution is -0.159. The lowest BCUT2D eigenvalue weighted by Gasteiger charge is -2.35. The first-order valence-electron chi connectivity index (χ1n) is 9.80. The summed E-state index contributed by atoms with van der Waals surface area (Å²) >= 11 is 6.24. The van der Waals surface area contributed by atoms with Crippen molar-refractivity contribution in [2.24, 2.45) is 17.8 Å². The Hall–Kier alpha value is -2.05. The molecule has 2 bridgehead atoms. The number of carboxylic acids is 2. The van der Waals surface area contributed by atoms with Crippen molar-refractivity contribution in [3.05, 3.63) is 41.4 Å². The standard InChI is InChI=1S/C19H25ClN2.C2H2O4/c20-18-3-1-2-4-19(18)21-17-7-9-22(10-8-17)13-16-12-14-5-6-15(16)11-14;3-1(4)2(5)6/h1-6,14-17,21H,7-13H2;(H,3,4)(H,5,6). The summed E-state index contributed by atoms with van der Waals surface area (Å²) in [5, 5.41) is 19.2. The van der Waals surface area contributed by atoms with Crippen molar-refractivity contribution < 1.29 is 19.8 Å². The predicted octanol–water partition coefficient (Wildman–Crippen LogP) is 3.58. The van der Waals surface area contributed by atoms with Crippen molar-refractivity contribution in [2.75, 3.05) is 25.0 Å². The zero-order valence-corrected chi connectivity index (χ0v) is 16.5. The van der Waals surface area contributed by atoms with Crippen LogP contribution in [0.5, 0.6) is 0 Å². The van der Waals surface area contributed by atoms with Crippen LogP contribution in [0.4, 0.5) is 5.69 Å². The van der Waals surface area contributed by atoms with E-state index in [0.29, 0.717) is 6.04 Å². The molecule has 0 spiro atoms. The van der Waals surface area contributed by atoms with Crippen LogP contribution in [0.1, 0.15) is 25.7 Å². The molecule has 1 aromatic carbocycles. The minimum Gasteiger partial charge on any atom is -0.473 e. The molecule has 3 unspecified atom stereocenters. The molecule has 28 heavy (non-hydrogen) atoms. The van der Waals surface area contributed by atoms with Gasteiger partial charge in [0.15, 0.2) is 0 Å². The van der Waals surface area contributed by atoms with Crippen LogP contribution in [0, 0.1) is 17.8 Å². The van der Waals surface area contributed by atoms with E-state index in [1.165, 1.54) is 45.3 Å². The van der Waals surface area contributed by atoms with Crippen molar-refractivity contribution in [1.29, 1.82) is 0 Å². The molecule has 1 aromatic rings. The van der Waals surface area contributed by atoms with Crippen LogP contribution >= 0.6 is 11.6 Å². The van der Waals surface area contributed by atoms with Gasteiger partial charge in [0.1, 0.15) is 0 Å². The zero-order valence-electron chi connectivity index (χ0n) is 15.8. The highest BCUT2D eigenvalue weighted by Crippen LogP contribution is 2.43. The van der Waals surface area contributed by atoms with Crippen LogP contribution in [-0.2, 0) is 9.59 Å². The van der Waals surface area contributed by atoms with Gasteiger partial charge in [0.25, 0.3) is 0 Å². The van der Waals surface area contributed by atoms with Crippen molar-refractivity contribution in [3.63, 3.8) is 0 Å². The second kappa shape index (κ2) is 9.43. The van der Waals surface area contributed by atoms with Gasteiger partial charge in [-0.25, -0.2) is 9.59 Å². The van der Waals surface area contributed by atoms with E-state index in [2.05, 4.69) is 28.4 Å². The highest BCUT2D eigenvalue weighted by atomic mass is 35.5. The SMILES string of the molecule is Clc1ccccc1NC1CCN(CC2CC3C=CC2C3)CC1.O=C(O)C(=O)O. The first-order valence-corrected chi connectivity index (χ1v) is 10.2. The molecular formula is C21H27ClN2O4. The smallest absolute Gasteiger partial charge is 0.414 e. The average molecular weight is 407 g/mol. The molecule has 3 N–H and O–H groups in total. The maximum absolute atomic E-state index is 9.10. The highest BCUT2D eigenvalue weighted by Gasteiger charge is 2.36. The summed E-state index contributed by atoms with van der Waals surface area (Å²) in [7, 11) is 0. The molecule has 0 amide bonds. The Morgan fingerprint density at radius 1 is 1.07 bits per heavy atom. The van der Waals surface area contributed by atoms with Gasteiger partial charge in [0.05, 0.1) is 10.7 Å². The summed E-state index contributed by atoms with van der Waals surface area (Å²) in [5.41, 5.74) is 1.08. The molecule has 1 saturated carbocycles. The fraction of sp³-hybridized carbons (Fsp3) is 0.524. The fourth-order valence-corrected chi connectivity index (χ4v) is 4.68. The van der Waals surface area contributed by atoms with E-state index in [1.807, 2.05) is 18.2 Å². The van der Waals surface area contributed by atoms with Crippen molar-refractivity contribution in [3.8, 4) is 0 Å². The summed E-state index contributed by atoms with van der Waals surface area (Å²) in [5.74, 6) is -0.952. The number of rotatable bonds is 4. The number of piperidine rings is 1. The molecule has 0 aromatic heterocycles. The number of carbonyl (C=O) groups is 2. The molecule has 1 saturated heterocycles. The Bertz CT molecular complexity index is 719. The first-order chi connectivity index (χ1) is 13.4. The van der Waals surface area contributed by atoms with Crippen LogP contribution in [-0.4, -0.2) is 52.7 Å². The molecule has 3 atom stereocenters.